The highest BCUT2D eigenvalue weighted by Crippen LogP contribution is 2.16. The van der Waals surface area contributed by atoms with E-state index in [1.54, 1.807) is 42.7 Å². The predicted octanol–water partition coefficient (Wildman–Crippen LogP) is -1.09. The molecule has 0 spiro atoms. The molecule has 0 aromatic rings. The normalized spacial score (nSPS) is 15.1. The molecule has 3 unspecified atom stereocenters. The standard InChI is InChI=1S/C24H56N2O12Si2/c1-31-39(32-2,33-3)14-8-12-37-20-23(29)17-26(11-7-10-25-16-22(28)19-27)18-24(30)21-38-13-9-15-40(34-4,35-5)36-6/h22-25,27-30H,7-21H2,1-6H3. The van der Waals surface area contributed by atoms with E-state index >= 15 is 0 Å². The molecule has 0 saturated heterocycles. The van der Waals surface area contributed by atoms with Crippen LogP contribution in [0.25, 0.3) is 0 Å². The Morgan fingerprint density at radius 1 is 0.650 bits per heavy atom. The van der Waals surface area contributed by atoms with Crippen molar-refractivity contribution in [1.29, 1.82) is 0 Å². The largest absolute Gasteiger partial charge is 0.500 e. The fourth-order valence-corrected chi connectivity index (χ4v) is 7.43. The Balaban J connectivity index is 4.59. The molecule has 0 heterocycles. The monoisotopic (exact) mass is 620 g/mol. The Hall–Kier alpha value is -0.126. The van der Waals surface area contributed by atoms with Crippen LogP contribution < -0.4 is 5.32 Å². The Morgan fingerprint density at radius 3 is 1.45 bits per heavy atom. The lowest BCUT2D eigenvalue weighted by atomic mass is 10.2. The van der Waals surface area contributed by atoms with E-state index in [0.717, 1.165) is 6.42 Å². The molecule has 0 aliphatic heterocycles. The third-order valence-corrected chi connectivity index (χ3v) is 12.1. The van der Waals surface area contributed by atoms with Crippen molar-refractivity contribution >= 4 is 17.6 Å². The predicted molar refractivity (Wildman–Crippen MR) is 153 cm³/mol. The van der Waals surface area contributed by atoms with Crippen LogP contribution >= 0.6 is 0 Å². The number of hydrogen-bond acceptors (Lipinski definition) is 14. The summed E-state index contributed by atoms with van der Waals surface area (Å²) in [6, 6.07) is 1.21. The van der Waals surface area contributed by atoms with Crippen molar-refractivity contribution in [3.8, 4) is 0 Å². The van der Waals surface area contributed by atoms with Crippen LogP contribution in [0.5, 0.6) is 0 Å². The highest BCUT2D eigenvalue weighted by atomic mass is 28.4. The Kier molecular flexibility index (Phi) is 24.3. The van der Waals surface area contributed by atoms with Crippen LogP contribution in [0, 0.1) is 0 Å². The second-order valence-corrected chi connectivity index (χ2v) is 15.6. The van der Waals surface area contributed by atoms with Crippen LogP contribution in [0.1, 0.15) is 19.3 Å². The van der Waals surface area contributed by atoms with Gasteiger partial charge in [-0.15, -0.1) is 0 Å². The average Bonchev–Trinajstić information content (AvgIpc) is 2.97. The zero-order valence-electron chi connectivity index (χ0n) is 25.3. The first-order valence-electron chi connectivity index (χ1n) is 13.7. The molecule has 16 heteroatoms. The van der Waals surface area contributed by atoms with Crippen LogP contribution in [0.3, 0.4) is 0 Å². The van der Waals surface area contributed by atoms with Gasteiger partial charge < -0.3 is 61.8 Å². The van der Waals surface area contributed by atoms with Gasteiger partial charge in [0.1, 0.15) is 0 Å². The van der Waals surface area contributed by atoms with Crippen molar-refractivity contribution in [1.82, 2.24) is 10.2 Å². The van der Waals surface area contributed by atoms with Crippen LogP contribution in [-0.2, 0) is 36.0 Å². The molecule has 0 fully saturated rings. The first-order chi connectivity index (χ1) is 19.2. The molecule has 0 rings (SSSR count). The molecule has 0 aliphatic rings. The summed E-state index contributed by atoms with van der Waals surface area (Å²) >= 11 is 0. The number of nitrogens with one attached hydrogen (secondary N) is 1. The van der Waals surface area contributed by atoms with Gasteiger partial charge in [0, 0.05) is 87.6 Å². The van der Waals surface area contributed by atoms with E-state index in [4.69, 9.17) is 41.1 Å². The third-order valence-electron chi connectivity index (χ3n) is 6.39. The second kappa shape index (κ2) is 24.3. The smallest absolute Gasteiger partial charge is 0.394 e. The summed E-state index contributed by atoms with van der Waals surface area (Å²) in [5.41, 5.74) is 0. The fraction of sp³-hybridized carbons (Fsp3) is 1.00. The first-order valence-corrected chi connectivity index (χ1v) is 17.6. The van der Waals surface area contributed by atoms with Crippen molar-refractivity contribution in [2.24, 2.45) is 0 Å². The van der Waals surface area contributed by atoms with Gasteiger partial charge in [-0.25, -0.2) is 0 Å². The molecular formula is C24H56N2O12Si2. The van der Waals surface area contributed by atoms with Crippen LogP contribution in [0.2, 0.25) is 12.1 Å². The molecule has 14 nitrogen and oxygen atoms in total. The summed E-state index contributed by atoms with van der Waals surface area (Å²) in [5.74, 6) is 0. The molecule has 0 saturated carbocycles. The Labute approximate surface area is 242 Å². The summed E-state index contributed by atoms with van der Waals surface area (Å²) in [7, 11) is 4.12. The summed E-state index contributed by atoms with van der Waals surface area (Å²) < 4.78 is 43.7. The van der Waals surface area contributed by atoms with Crippen molar-refractivity contribution in [3.63, 3.8) is 0 Å². The van der Waals surface area contributed by atoms with Gasteiger partial charge in [-0.05, 0) is 32.4 Å². The SMILES string of the molecule is CO[Si](CCCOCC(O)CN(CCCNCC(O)CO)CC(O)COCCC[Si](OC)(OC)OC)(OC)OC. The minimum absolute atomic E-state index is 0.148. The summed E-state index contributed by atoms with van der Waals surface area (Å²) in [4.78, 5) is 1.96. The maximum absolute atomic E-state index is 10.6. The summed E-state index contributed by atoms with van der Waals surface area (Å²) in [5, 5.41) is 42.6. The Morgan fingerprint density at radius 2 is 1.07 bits per heavy atom. The van der Waals surface area contributed by atoms with Gasteiger partial charge in [0.05, 0.1) is 38.1 Å². The van der Waals surface area contributed by atoms with Gasteiger partial charge in [0.15, 0.2) is 0 Å². The fourth-order valence-electron chi connectivity index (χ4n) is 4.05. The van der Waals surface area contributed by atoms with Crippen molar-refractivity contribution in [2.75, 3.05) is 108 Å². The molecule has 0 aromatic heterocycles. The zero-order valence-corrected chi connectivity index (χ0v) is 27.3. The summed E-state index contributed by atoms with van der Waals surface area (Å²) in [6.45, 7) is 2.98. The molecule has 242 valence electrons. The molecule has 0 bridgehead atoms. The lowest BCUT2D eigenvalue weighted by Gasteiger charge is -2.28. The lowest BCUT2D eigenvalue weighted by Crippen LogP contribution is -2.43. The maximum Gasteiger partial charge on any atom is 0.500 e. The highest BCUT2D eigenvalue weighted by molar-refractivity contribution is 6.60. The topological polar surface area (TPSA) is 170 Å². The van der Waals surface area contributed by atoms with Crippen molar-refractivity contribution in [2.45, 2.75) is 49.7 Å². The van der Waals surface area contributed by atoms with Gasteiger partial charge in [0.25, 0.3) is 0 Å². The number of aliphatic hydroxyl groups excluding tert-OH is 4. The average molecular weight is 621 g/mol. The van der Waals surface area contributed by atoms with Crippen LogP contribution in [0.4, 0.5) is 0 Å². The maximum atomic E-state index is 10.6. The van der Waals surface area contributed by atoms with E-state index in [9.17, 15) is 15.3 Å². The van der Waals surface area contributed by atoms with E-state index < -0.39 is 35.9 Å². The molecule has 5 N–H and O–H groups in total. The Bertz CT molecular complexity index is 525. The van der Waals surface area contributed by atoms with Gasteiger partial charge >= 0.3 is 17.6 Å². The molecule has 0 radical (unpaired) electrons. The van der Waals surface area contributed by atoms with Gasteiger partial charge in [0.2, 0.25) is 0 Å². The summed E-state index contributed by atoms with van der Waals surface area (Å²) in [6.07, 6.45) is -0.244. The molecular weight excluding hydrogens is 564 g/mol. The van der Waals surface area contributed by atoms with Crippen molar-refractivity contribution in [3.05, 3.63) is 0 Å². The van der Waals surface area contributed by atoms with Gasteiger partial charge in [-0.2, -0.15) is 0 Å². The quantitative estimate of drug-likeness (QED) is 0.0505. The number of aliphatic hydroxyl groups is 4. The number of hydrogen-bond donors (Lipinski definition) is 5. The molecule has 3 atom stereocenters. The minimum Gasteiger partial charge on any atom is -0.394 e. The number of rotatable bonds is 29. The molecule has 0 aliphatic carbocycles. The number of ether oxygens (including phenoxy) is 2. The van der Waals surface area contributed by atoms with Crippen LogP contribution in [0.15, 0.2) is 0 Å². The zero-order chi connectivity index (χ0) is 30.3. The van der Waals surface area contributed by atoms with E-state index in [0.29, 0.717) is 70.9 Å². The highest BCUT2D eigenvalue weighted by Gasteiger charge is 2.37. The van der Waals surface area contributed by atoms with E-state index in [2.05, 4.69) is 5.32 Å². The first kappa shape index (κ1) is 39.9. The minimum atomic E-state index is -2.65. The van der Waals surface area contributed by atoms with E-state index in [-0.39, 0.29) is 19.8 Å². The second-order valence-electron chi connectivity index (χ2n) is 9.41. The molecule has 0 amide bonds. The van der Waals surface area contributed by atoms with Gasteiger partial charge in [-0.1, -0.05) is 0 Å². The van der Waals surface area contributed by atoms with E-state index in [1.807, 2.05) is 4.90 Å². The van der Waals surface area contributed by atoms with E-state index in [1.165, 1.54) is 0 Å². The van der Waals surface area contributed by atoms with Crippen molar-refractivity contribution < 1.29 is 56.5 Å². The third kappa shape index (κ3) is 17.7. The lowest BCUT2D eigenvalue weighted by molar-refractivity contribution is -0.0109. The molecule has 0 aromatic carbocycles. The molecule has 40 heavy (non-hydrogen) atoms. The number of nitrogens with zero attached hydrogens (tertiary/aromatic N) is 1. The van der Waals surface area contributed by atoms with Crippen LogP contribution in [-0.4, -0.2) is 170 Å². The van der Waals surface area contributed by atoms with Gasteiger partial charge in [-0.3, -0.25) is 4.90 Å².